The lowest BCUT2D eigenvalue weighted by Crippen LogP contribution is -2.26. The predicted octanol–water partition coefficient (Wildman–Crippen LogP) is 2.86. The van der Waals surface area contributed by atoms with Gasteiger partial charge in [0.15, 0.2) is 5.82 Å². The number of fused-ring (bicyclic) bond motifs is 1. The van der Waals surface area contributed by atoms with Crippen molar-refractivity contribution in [2.45, 2.75) is 39.3 Å². The van der Waals surface area contributed by atoms with E-state index in [1.807, 2.05) is 13.1 Å². The first-order chi connectivity index (χ1) is 15.9. The number of aryl methyl sites for hydroxylation is 1. The molecule has 170 valence electrons. The number of amides is 1. The fraction of sp³-hybridized carbons (Fsp3) is 0.348. The summed E-state index contributed by atoms with van der Waals surface area (Å²) in [5, 5.41) is 4.39. The largest absolute Gasteiger partial charge is 0.309 e. The van der Waals surface area contributed by atoms with Crippen molar-refractivity contribution in [1.29, 1.82) is 0 Å². The van der Waals surface area contributed by atoms with Crippen LogP contribution in [0.25, 0.3) is 0 Å². The molecule has 0 bridgehead atoms. The van der Waals surface area contributed by atoms with Crippen molar-refractivity contribution in [3.63, 3.8) is 0 Å². The van der Waals surface area contributed by atoms with Gasteiger partial charge in [-0.25, -0.2) is 18.8 Å². The smallest absolute Gasteiger partial charge is 0.259 e. The molecule has 8 nitrogen and oxygen atoms in total. The van der Waals surface area contributed by atoms with Crippen molar-refractivity contribution in [2.24, 2.45) is 10.9 Å². The van der Waals surface area contributed by atoms with Gasteiger partial charge in [-0.1, -0.05) is 6.92 Å². The molecule has 2 aliphatic heterocycles. The Morgan fingerprint density at radius 1 is 1.21 bits per heavy atom. The average molecular weight is 452 g/mol. The summed E-state index contributed by atoms with van der Waals surface area (Å²) in [5.74, 6) is -1.26. The Bertz CT molecular complexity index is 1330. The van der Waals surface area contributed by atoms with Crippen LogP contribution in [0.5, 0.6) is 0 Å². The number of rotatable bonds is 6. The molecule has 1 fully saturated rings. The third kappa shape index (κ3) is 3.96. The molecule has 2 aromatic heterocycles. The van der Waals surface area contributed by atoms with Crippen molar-refractivity contribution in [1.82, 2.24) is 19.3 Å². The Morgan fingerprint density at radius 3 is 2.85 bits per heavy atom. The molecule has 1 aromatic carbocycles. The number of hydrogen-bond acceptors (Lipinski definition) is 5. The second-order valence-corrected chi connectivity index (χ2v) is 8.40. The van der Waals surface area contributed by atoms with E-state index >= 15 is 0 Å². The van der Waals surface area contributed by atoms with Crippen LogP contribution in [0, 0.1) is 17.6 Å². The number of halogens is 2. The molecule has 0 N–H and O–H groups in total. The third-order valence-electron chi connectivity index (χ3n) is 5.98. The van der Waals surface area contributed by atoms with Crippen LogP contribution in [0.15, 0.2) is 46.7 Å². The molecule has 5 rings (SSSR count). The Hall–Kier alpha value is -3.69. The van der Waals surface area contributed by atoms with Gasteiger partial charge in [0.05, 0.1) is 29.5 Å². The lowest BCUT2D eigenvalue weighted by molar-refractivity contribution is -0.117. The molecule has 2 aliphatic rings. The highest BCUT2D eigenvalue weighted by atomic mass is 19.1. The first-order valence-electron chi connectivity index (χ1n) is 10.9. The quantitative estimate of drug-likeness (QED) is 0.576. The highest BCUT2D eigenvalue weighted by Crippen LogP contribution is 2.29. The minimum absolute atomic E-state index is 0.0643. The average Bonchev–Trinajstić information content (AvgIpc) is 3.49. The molecule has 4 heterocycles. The first-order valence-corrected chi connectivity index (χ1v) is 10.9. The van der Waals surface area contributed by atoms with Crippen LogP contribution in [-0.4, -0.2) is 37.5 Å². The monoisotopic (exact) mass is 452 g/mol. The molecule has 1 saturated heterocycles. The van der Waals surface area contributed by atoms with Gasteiger partial charge in [-0.3, -0.25) is 18.8 Å². The Balaban J connectivity index is 1.28. The number of anilines is 1. The number of carbonyl (C=O) groups is 1. The lowest BCUT2D eigenvalue weighted by Gasteiger charge is -2.17. The maximum Gasteiger partial charge on any atom is 0.259 e. The van der Waals surface area contributed by atoms with E-state index in [-0.39, 0.29) is 29.5 Å². The summed E-state index contributed by atoms with van der Waals surface area (Å²) in [6.45, 7) is 3.41. The van der Waals surface area contributed by atoms with E-state index in [0.29, 0.717) is 37.4 Å². The molecule has 33 heavy (non-hydrogen) atoms. The van der Waals surface area contributed by atoms with Gasteiger partial charge in [0, 0.05) is 56.2 Å². The summed E-state index contributed by atoms with van der Waals surface area (Å²) in [6, 6.07) is 3.21. The number of aliphatic imine (C=N–C) groups is 1. The zero-order valence-electron chi connectivity index (χ0n) is 18.0. The van der Waals surface area contributed by atoms with E-state index in [1.165, 1.54) is 17.3 Å². The molecule has 3 aromatic rings. The fourth-order valence-electron chi connectivity index (χ4n) is 4.39. The Kier molecular flexibility index (Phi) is 5.35. The van der Waals surface area contributed by atoms with Crippen molar-refractivity contribution in [3.8, 4) is 0 Å². The molecule has 0 radical (unpaired) electrons. The maximum atomic E-state index is 14.1. The molecule has 0 aliphatic carbocycles. The second-order valence-electron chi connectivity index (χ2n) is 8.40. The van der Waals surface area contributed by atoms with E-state index in [4.69, 9.17) is 0 Å². The molecular formula is C23H22F2N6O2. The van der Waals surface area contributed by atoms with Crippen LogP contribution in [-0.2, 0) is 24.3 Å². The minimum atomic E-state index is -0.754. The number of benzene rings is 1. The highest BCUT2D eigenvalue weighted by molar-refractivity contribution is 6.05. The molecule has 1 amide bonds. The van der Waals surface area contributed by atoms with Crippen LogP contribution in [0.1, 0.15) is 30.9 Å². The first kappa shape index (κ1) is 21.2. The molecule has 1 atom stereocenters. The molecule has 0 spiro atoms. The standard InChI is InChI=1S/C23H22F2N6O2/c1-2-5-29-13-26-22-17(23(29)33)8-19(28-22)15-9-27-30(12-15)10-14-6-21(32)31(11-14)20-4-3-16(24)7-18(20)25/h3-4,7,9,12-14H,2,5-6,8,10-11H2,1H3. The lowest BCUT2D eigenvalue weighted by atomic mass is 10.1. The summed E-state index contributed by atoms with van der Waals surface area (Å²) in [4.78, 5) is 35.2. The van der Waals surface area contributed by atoms with Gasteiger partial charge >= 0.3 is 0 Å². The van der Waals surface area contributed by atoms with Crippen LogP contribution in [0.4, 0.5) is 20.3 Å². The maximum absolute atomic E-state index is 14.1. The van der Waals surface area contributed by atoms with Gasteiger partial charge in [0.2, 0.25) is 5.91 Å². The van der Waals surface area contributed by atoms with Crippen molar-refractivity contribution in [3.05, 3.63) is 70.0 Å². The number of carbonyl (C=O) groups excluding carboxylic acids is 1. The molecular weight excluding hydrogens is 430 g/mol. The van der Waals surface area contributed by atoms with E-state index in [9.17, 15) is 18.4 Å². The van der Waals surface area contributed by atoms with Gasteiger partial charge in [-0.2, -0.15) is 5.10 Å². The van der Waals surface area contributed by atoms with Crippen LogP contribution in [0.3, 0.4) is 0 Å². The second kappa shape index (κ2) is 8.34. The third-order valence-corrected chi connectivity index (χ3v) is 5.98. The zero-order chi connectivity index (χ0) is 23.1. The van der Waals surface area contributed by atoms with Gasteiger partial charge in [-0.15, -0.1) is 0 Å². The molecule has 10 heteroatoms. The van der Waals surface area contributed by atoms with Gasteiger partial charge in [0.1, 0.15) is 11.6 Å². The number of hydrogen-bond donors (Lipinski definition) is 0. The number of aromatic nitrogens is 4. The predicted molar refractivity (Wildman–Crippen MR) is 118 cm³/mol. The molecule has 0 saturated carbocycles. The Morgan fingerprint density at radius 2 is 2.06 bits per heavy atom. The van der Waals surface area contributed by atoms with Crippen molar-refractivity contribution < 1.29 is 13.6 Å². The summed E-state index contributed by atoms with van der Waals surface area (Å²) < 4.78 is 30.7. The summed E-state index contributed by atoms with van der Waals surface area (Å²) in [7, 11) is 0. The van der Waals surface area contributed by atoms with Crippen molar-refractivity contribution >= 4 is 23.1 Å². The van der Waals surface area contributed by atoms with Crippen LogP contribution >= 0.6 is 0 Å². The Labute approximate surface area is 188 Å². The SMILES string of the molecule is CCCn1cnc2c(c1=O)CC(c1cnn(CC3CC(=O)N(c4ccc(F)cc4F)C3)c1)=N2. The van der Waals surface area contributed by atoms with E-state index in [2.05, 4.69) is 15.1 Å². The zero-order valence-corrected chi connectivity index (χ0v) is 18.0. The van der Waals surface area contributed by atoms with Gasteiger partial charge in [0.25, 0.3) is 5.56 Å². The normalized spacial score (nSPS) is 17.5. The molecule has 1 unspecified atom stereocenters. The van der Waals surface area contributed by atoms with Gasteiger partial charge < -0.3 is 4.90 Å². The van der Waals surface area contributed by atoms with E-state index in [1.54, 1.807) is 15.4 Å². The summed E-state index contributed by atoms with van der Waals surface area (Å²) in [5.41, 5.74) is 2.13. The summed E-state index contributed by atoms with van der Waals surface area (Å²) in [6.07, 6.45) is 6.55. The number of nitrogens with zero attached hydrogens (tertiary/aromatic N) is 6. The van der Waals surface area contributed by atoms with Gasteiger partial charge in [-0.05, 0) is 18.6 Å². The van der Waals surface area contributed by atoms with Crippen LogP contribution in [0.2, 0.25) is 0 Å². The highest BCUT2D eigenvalue weighted by Gasteiger charge is 2.32. The topological polar surface area (TPSA) is 85.4 Å². The van der Waals surface area contributed by atoms with Crippen LogP contribution < -0.4 is 10.5 Å². The van der Waals surface area contributed by atoms with E-state index in [0.717, 1.165) is 29.8 Å². The van der Waals surface area contributed by atoms with E-state index < -0.39 is 11.6 Å². The minimum Gasteiger partial charge on any atom is -0.309 e. The fourth-order valence-corrected chi connectivity index (χ4v) is 4.39. The summed E-state index contributed by atoms with van der Waals surface area (Å²) >= 11 is 0. The van der Waals surface area contributed by atoms with Crippen molar-refractivity contribution in [2.75, 3.05) is 11.4 Å².